The van der Waals surface area contributed by atoms with Crippen molar-refractivity contribution in [1.82, 2.24) is 15.1 Å². The Kier molecular flexibility index (Phi) is 4.83. The fraction of sp³-hybridized carbons (Fsp3) is 0.115. The molecule has 0 fully saturated rings. The molecule has 3 aromatic carbocycles. The number of anilines is 1. The van der Waals surface area contributed by atoms with Gasteiger partial charge in [0.15, 0.2) is 0 Å². The number of carbonyl (C=O) groups excluding carboxylic acids is 1. The number of methoxy groups -OCH3 is 1. The van der Waals surface area contributed by atoms with Gasteiger partial charge in [-0.1, -0.05) is 18.7 Å². The molecule has 0 aliphatic carbocycles. The van der Waals surface area contributed by atoms with Gasteiger partial charge in [0.05, 0.1) is 36.5 Å². The van der Waals surface area contributed by atoms with Crippen LogP contribution in [0.3, 0.4) is 0 Å². The molecular weight excluding hydrogens is 414 g/mol. The molecule has 1 aliphatic rings. The number of nitrogen functional groups attached to an aromatic ring is 1. The number of fused-ring (bicyclic) bond motifs is 2. The molecule has 162 valence electrons. The predicted octanol–water partition coefficient (Wildman–Crippen LogP) is 4.52. The third-order valence-corrected chi connectivity index (χ3v) is 5.97. The Balaban J connectivity index is 1.59. The number of amides is 1. The minimum Gasteiger partial charge on any atom is -0.497 e. The van der Waals surface area contributed by atoms with Crippen molar-refractivity contribution in [2.45, 2.75) is 6.54 Å². The molecule has 0 saturated heterocycles. The molecule has 1 aromatic heterocycles. The zero-order valence-corrected chi connectivity index (χ0v) is 18.1. The standard InChI is InChI=1S/C26H21N5O2/c1-15(12-27)13-31-14-21-19(8-9-22(28)24(21)26(31)32)17-5-10-23-20(11-17)25(30-29-23)16-3-6-18(33-2)7-4-16/h3-11H,1,13-14,28H2,2H3,(H,29,30). The average molecular weight is 435 g/mol. The fourth-order valence-corrected chi connectivity index (χ4v) is 4.32. The number of rotatable bonds is 5. The Morgan fingerprint density at radius 2 is 1.97 bits per heavy atom. The molecule has 0 saturated carbocycles. The summed E-state index contributed by atoms with van der Waals surface area (Å²) in [6.07, 6.45) is 0. The smallest absolute Gasteiger partial charge is 0.256 e. The number of hydrogen-bond donors (Lipinski definition) is 2. The van der Waals surface area contributed by atoms with Crippen LogP contribution in [-0.4, -0.2) is 34.7 Å². The van der Waals surface area contributed by atoms with Crippen LogP contribution >= 0.6 is 0 Å². The summed E-state index contributed by atoms with van der Waals surface area (Å²) >= 11 is 0. The monoisotopic (exact) mass is 435 g/mol. The number of nitriles is 1. The minimum absolute atomic E-state index is 0.177. The molecule has 0 unspecified atom stereocenters. The second kappa shape index (κ2) is 7.84. The van der Waals surface area contributed by atoms with Gasteiger partial charge in [-0.2, -0.15) is 10.4 Å². The highest BCUT2D eigenvalue weighted by atomic mass is 16.5. The highest BCUT2D eigenvalue weighted by molar-refractivity contribution is 6.06. The molecule has 0 spiro atoms. The van der Waals surface area contributed by atoms with Gasteiger partial charge < -0.3 is 15.4 Å². The van der Waals surface area contributed by atoms with Crippen LogP contribution in [0.4, 0.5) is 5.69 Å². The Labute approximate surface area is 190 Å². The SMILES string of the molecule is C=C(C#N)CN1Cc2c(-c3ccc4[nH]nc(-c5ccc(OC)cc5)c4c3)ccc(N)c2C1=O. The number of nitrogens with one attached hydrogen (secondary N) is 1. The predicted molar refractivity (Wildman–Crippen MR) is 127 cm³/mol. The minimum atomic E-state index is -0.177. The lowest BCUT2D eigenvalue weighted by Crippen LogP contribution is -2.26. The molecule has 0 bridgehead atoms. The van der Waals surface area contributed by atoms with E-state index in [-0.39, 0.29) is 12.5 Å². The number of ether oxygens (including phenoxy) is 1. The van der Waals surface area contributed by atoms with Crippen molar-refractivity contribution in [2.24, 2.45) is 0 Å². The molecule has 33 heavy (non-hydrogen) atoms. The van der Waals surface area contributed by atoms with Gasteiger partial charge in [0.1, 0.15) is 5.75 Å². The second-order valence-corrected chi connectivity index (χ2v) is 7.99. The van der Waals surface area contributed by atoms with Crippen LogP contribution in [0.5, 0.6) is 5.75 Å². The third-order valence-electron chi connectivity index (χ3n) is 5.97. The summed E-state index contributed by atoms with van der Waals surface area (Å²) in [4.78, 5) is 14.6. The first kappa shape index (κ1) is 20.3. The number of nitrogens with zero attached hydrogens (tertiary/aromatic N) is 3. The van der Waals surface area contributed by atoms with Crippen molar-refractivity contribution in [3.05, 3.63) is 77.9 Å². The van der Waals surface area contributed by atoms with E-state index in [1.807, 2.05) is 48.5 Å². The van der Waals surface area contributed by atoms with Crippen LogP contribution in [0, 0.1) is 11.3 Å². The first-order valence-corrected chi connectivity index (χ1v) is 10.4. The number of nitrogens with two attached hydrogens (primary N) is 1. The van der Waals surface area contributed by atoms with Gasteiger partial charge in [0.2, 0.25) is 0 Å². The first-order chi connectivity index (χ1) is 16.0. The van der Waals surface area contributed by atoms with Gasteiger partial charge >= 0.3 is 0 Å². The van der Waals surface area contributed by atoms with Crippen molar-refractivity contribution in [3.8, 4) is 34.2 Å². The molecule has 7 nitrogen and oxygen atoms in total. The van der Waals surface area contributed by atoms with E-state index in [0.29, 0.717) is 23.4 Å². The molecule has 3 N–H and O–H groups in total. The Hall–Kier alpha value is -4.57. The van der Waals surface area contributed by atoms with Crippen molar-refractivity contribution < 1.29 is 9.53 Å². The van der Waals surface area contributed by atoms with Crippen LogP contribution in [0.1, 0.15) is 15.9 Å². The van der Waals surface area contributed by atoms with Crippen molar-refractivity contribution >= 4 is 22.5 Å². The fourth-order valence-electron chi connectivity index (χ4n) is 4.32. The summed E-state index contributed by atoms with van der Waals surface area (Å²) in [7, 11) is 1.64. The van der Waals surface area contributed by atoms with E-state index in [2.05, 4.69) is 22.8 Å². The van der Waals surface area contributed by atoms with Crippen molar-refractivity contribution in [2.75, 3.05) is 19.4 Å². The summed E-state index contributed by atoms with van der Waals surface area (Å²) < 4.78 is 5.26. The van der Waals surface area contributed by atoms with Gasteiger partial charge in [-0.15, -0.1) is 0 Å². The zero-order chi connectivity index (χ0) is 23.1. The average Bonchev–Trinajstić information content (AvgIpc) is 3.40. The quantitative estimate of drug-likeness (QED) is 0.354. The van der Waals surface area contributed by atoms with Gasteiger partial charge in [-0.3, -0.25) is 9.89 Å². The van der Waals surface area contributed by atoms with E-state index in [4.69, 9.17) is 15.7 Å². The molecule has 4 aromatic rings. The van der Waals surface area contributed by atoms with Crippen LogP contribution in [0.25, 0.3) is 33.3 Å². The number of aromatic amines is 1. The molecule has 2 heterocycles. The van der Waals surface area contributed by atoms with Crippen LogP contribution < -0.4 is 10.5 Å². The van der Waals surface area contributed by atoms with Gasteiger partial charge in [0, 0.05) is 28.8 Å². The van der Waals surface area contributed by atoms with E-state index >= 15 is 0 Å². The summed E-state index contributed by atoms with van der Waals surface area (Å²) in [5, 5.41) is 17.7. The van der Waals surface area contributed by atoms with Gasteiger partial charge in [-0.25, -0.2) is 0 Å². The molecule has 5 rings (SSSR count). The number of hydrogen-bond acceptors (Lipinski definition) is 5. The lowest BCUT2D eigenvalue weighted by Gasteiger charge is -2.14. The molecule has 7 heteroatoms. The summed E-state index contributed by atoms with van der Waals surface area (Å²) in [6.45, 7) is 4.27. The molecule has 0 radical (unpaired) electrons. The maximum Gasteiger partial charge on any atom is 0.256 e. The second-order valence-electron chi connectivity index (χ2n) is 7.99. The van der Waals surface area contributed by atoms with Crippen molar-refractivity contribution in [1.29, 1.82) is 5.26 Å². The van der Waals surface area contributed by atoms with Gasteiger partial charge in [-0.05, 0) is 59.2 Å². The summed E-state index contributed by atoms with van der Waals surface area (Å²) in [6, 6.07) is 19.5. The van der Waals surface area contributed by atoms with E-state index < -0.39 is 0 Å². The lowest BCUT2D eigenvalue weighted by molar-refractivity contribution is 0.0794. The van der Waals surface area contributed by atoms with E-state index in [1.54, 1.807) is 18.1 Å². The Morgan fingerprint density at radius 1 is 1.21 bits per heavy atom. The number of carbonyl (C=O) groups is 1. The lowest BCUT2D eigenvalue weighted by atomic mass is 9.94. The topological polar surface area (TPSA) is 108 Å². The van der Waals surface area contributed by atoms with Gasteiger partial charge in [0.25, 0.3) is 5.91 Å². The molecular formula is C26H21N5O2. The van der Waals surface area contributed by atoms with Crippen LogP contribution in [0.15, 0.2) is 66.7 Å². The van der Waals surface area contributed by atoms with Crippen LogP contribution in [-0.2, 0) is 6.54 Å². The maximum atomic E-state index is 13.0. The number of H-pyrrole nitrogens is 1. The highest BCUT2D eigenvalue weighted by Crippen LogP contribution is 2.38. The Bertz CT molecular complexity index is 1460. The Morgan fingerprint density at radius 3 is 2.70 bits per heavy atom. The first-order valence-electron chi connectivity index (χ1n) is 10.4. The largest absolute Gasteiger partial charge is 0.497 e. The van der Waals surface area contributed by atoms with Crippen molar-refractivity contribution in [3.63, 3.8) is 0 Å². The highest BCUT2D eigenvalue weighted by Gasteiger charge is 2.32. The van der Waals surface area contributed by atoms with Crippen LogP contribution in [0.2, 0.25) is 0 Å². The summed E-state index contributed by atoms with van der Waals surface area (Å²) in [5.74, 6) is 0.606. The zero-order valence-electron chi connectivity index (χ0n) is 18.1. The molecule has 1 aliphatic heterocycles. The maximum absolute atomic E-state index is 13.0. The molecule has 0 atom stereocenters. The normalized spacial score (nSPS) is 12.6. The number of aromatic nitrogens is 2. The van der Waals surface area contributed by atoms with E-state index in [9.17, 15) is 4.79 Å². The molecule has 1 amide bonds. The third kappa shape index (κ3) is 3.38. The van der Waals surface area contributed by atoms with E-state index in [1.165, 1.54) is 0 Å². The summed E-state index contributed by atoms with van der Waals surface area (Å²) in [5.41, 5.74) is 12.9. The van der Waals surface area contributed by atoms with E-state index in [0.717, 1.165) is 44.6 Å². The number of benzene rings is 3.